The number of hydrogen-bond donors (Lipinski definition) is 2. The van der Waals surface area contributed by atoms with E-state index in [2.05, 4.69) is 0 Å². The first-order valence-corrected chi connectivity index (χ1v) is 5.61. The smallest absolute Gasteiger partial charge is 0.314 e. The molecule has 0 aromatic carbocycles. The largest absolute Gasteiger partial charge is 0.481 e. The van der Waals surface area contributed by atoms with Gasteiger partial charge in [0, 0.05) is 0 Å². The SMILES string of the molecule is CCC1(C(=O)O)C=CCCC1(CC)C(=O)O. The predicted molar refractivity (Wildman–Crippen MR) is 59.1 cm³/mol. The first-order valence-electron chi connectivity index (χ1n) is 5.61. The van der Waals surface area contributed by atoms with Crippen LogP contribution < -0.4 is 0 Å². The minimum absolute atomic E-state index is 0.305. The molecule has 0 aromatic rings. The number of hydrogen-bond acceptors (Lipinski definition) is 2. The van der Waals surface area contributed by atoms with Crippen LogP contribution in [0.3, 0.4) is 0 Å². The molecular weight excluding hydrogens is 208 g/mol. The molecule has 0 saturated carbocycles. The summed E-state index contributed by atoms with van der Waals surface area (Å²) in [5.74, 6) is -2.03. The summed E-state index contributed by atoms with van der Waals surface area (Å²) in [6, 6.07) is 0. The van der Waals surface area contributed by atoms with Gasteiger partial charge in [0.2, 0.25) is 0 Å². The van der Waals surface area contributed by atoms with Crippen LogP contribution in [0.2, 0.25) is 0 Å². The van der Waals surface area contributed by atoms with Gasteiger partial charge in [-0.2, -0.15) is 0 Å². The van der Waals surface area contributed by atoms with E-state index in [-0.39, 0.29) is 0 Å². The third-order valence-corrected chi connectivity index (χ3v) is 3.95. The van der Waals surface area contributed by atoms with Crippen molar-refractivity contribution in [2.45, 2.75) is 39.5 Å². The highest BCUT2D eigenvalue weighted by molar-refractivity contribution is 5.88. The van der Waals surface area contributed by atoms with Crippen molar-refractivity contribution in [1.82, 2.24) is 0 Å². The molecular formula is C12H18O4. The van der Waals surface area contributed by atoms with Gasteiger partial charge in [-0.3, -0.25) is 9.59 Å². The molecule has 0 spiro atoms. The summed E-state index contributed by atoms with van der Waals surface area (Å²) >= 11 is 0. The zero-order valence-electron chi connectivity index (χ0n) is 9.69. The summed E-state index contributed by atoms with van der Waals surface area (Å²) in [5.41, 5.74) is -2.42. The lowest BCUT2D eigenvalue weighted by Crippen LogP contribution is -2.52. The number of allylic oxidation sites excluding steroid dienone is 1. The van der Waals surface area contributed by atoms with E-state index in [0.29, 0.717) is 25.7 Å². The average molecular weight is 226 g/mol. The molecule has 0 saturated heterocycles. The Kier molecular flexibility index (Phi) is 3.41. The van der Waals surface area contributed by atoms with Crippen LogP contribution in [0.4, 0.5) is 0 Å². The fourth-order valence-electron chi connectivity index (χ4n) is 2.82. The summed E-state index contributed by atoms with van der Waals surface area (Å²) in [4.78, 5) is 23.0. The summed E-state index contributed by atoms with van der Waals surface area (Å²) in [6.45, 7) is 3.48. The lowest BCUT2D eigenvalue weighted by molar-refractivity contribution is -0.172. The number of aliphatic carboxylic acids is 2. The van der Waals surface area contributed by atoms with Gasteiger partial charge in [0.05, 0.1) is 5.41 Å². The Balaban J connectivity index is 3.39. The van der Waals surface area contributed by atoms with Crippen molar-refractivity contribution in [3.63, 3.8) is 0 Å². The van der Waals surface area contributed by atoms with E-state index in [0.717, 1.165) is 0 Å². The van der Waals surface area contributed by atoms with Crippen molar-refractivity contribution >= 4 is 11.9 Å². The molecule has 1 rings (SSSR count). The van der Waals surface area contributed by atoms with E-state index >= 15 is 0 Å². The molecule has 2 unspecified atom stereocenters. The average Bonchev–Trinajstić information content (AvgIpc) is 2.27. The second-order valence-corrected chi connectivity index (χ2v) is 4.31. The van der Waals surface area contributed by atoms with E-state index in [9.17, 15) is 19.8 Å². The van der Waals surface area contributed by atoms with Crippen LogP contribution in [0.5, 0.6) is 0 Å². The van der Waals surface area contributed by atoms with Gasteiger partial charge in [-0.25, -0.2) is 0 Å². The van der Waals surface area contributed by atoms with E-state index in [4.69, 9.17) is 0 Å². The zero-order valence-corrected chi connectivity index (χ0v) is 9.69. The van der Waals surface area contributed by atoms with Crippen molar-refractivity contribution in [2.75, 3.05) is 0 Å². The molecule has 0 heterocycles. The van der Waals surface area contributed by atoms with Crippen molar-refractivity contribution < 1.29 is 19.8 Å². The topological polar surface area (TPSA) is 74.6 Å². The maximum atomic E-state index is 11.5. The van der Waals surface area contributed by atoms with Crippen LogP contribution in [0, 0.1) is 10.8 Å². The lowest BCUT2D eigenvalue weighted by atomic mass is 9.56. The Labute approximate surface area is 95.0 Å². The Hall–Kier alpha value is -1.32. The van der Waals surface area contributed by atoms with Crippen LogP contribution in [0.1, 0.15) is 39.5 Å². The molecule has 0 fully saturated rings. The molecule has 0 bridgehead atoms. The fourth-order valence-corrected chi connectivity index (χ4v) is 2.82. The van der Waals surface area contributed by atoms with E-state index in [1.54, 1.807) is 26.0 Å². The highest BCUT2D eigenvalue weighted by Crippen LogP contribution is 2.52. The second kappa shape index (κ2) is 4.28. The maximum Gasteiger partial charge on any atom is 0.314 e. The monoisotopic (exact) mass is 226 g/mol. The highest BCUT2D eigenvalue weighted by Gasteiger charge is 2.58. The van der Waals surface area contributed by atoms with Crippen molar-refractivity contribution in [3.05, 3.63) is 12.2 Å². The molecule has 2 atom stereocenters. The molecule has 0 radical (unpaired) electrons. The molecule has 16 heavy (non-hydrogen) atoms. The summed E-state index contributed by atoms with van der Waals surface area (Å²) in [7, 11) is 0. The molecule has 0 amide bonds. The Morgan fingerprint density at radius 2 is 1.81 bits per heavy atom. The van der Waals surface area contributed by atoms with Crippen LogP contribution >= 0.6 is 0 Å². The van der Waals surface area contributed by atoms with Gasteiger partial charge in [-0.1, -0.05) is 26.0 Å². The van der Waals surface area contributed by atoms with Gasteiger partial charge >= 0.3 is 11.9 Å². The van der Waals surface area contributed by atoms with Crippen LogP contribution in [-0.4, -0.2) is 22.2 Å². The fraction of sp³-hybridized carbons (Fsp3) is 0.667. The van der Waals surface area contributed by atoms with E-state index in [1.807, 2.05) is 0 Å². The number of carboxylic acids is 2. The van der Waals surface area contributed by atoms with Gasteiger partial charge in [0.25, 0.3) is 0 Å². The van der Waals surface area contributed by atoms with E-state index in [1.165, 1.54) is 0 Å². The molecule has 4 heteroatoms. The molecule has 0 aliphatic heterocycles. The van der Waals surface area contributed by atoms with Crippen molar-refractivity contribution in [3.8, 4) is 0 Å². The zero-order chi connectivity index (χ0) is 12.4. The number of carbonyl (C=O) groups is 2. The van der Waals surface area contributed by atoms with Crippen molar-refractivity contribution in [1.29, 1.82) is 0 Å². The minimum Gasteiger partial charge on any atom is -0.481 e. The Morgan fingerprint density at radius 1 is 1.19 bits per heavy atom. The molecule has 0 aromatic heterocycles. The second-order valence-electron chi connectivity index (χ2n) is 4.31. The third kappa shape index (κ3) is 1.44. The molecule has 90 valence electrons. The van der Waals surface area contributed by atoms with Gasteiger partial charge in [0.1, 0.15) is 5.41 Å². The molecule has 1 aliphatic carbocycles. The van der Waals surface area contributed by atoms with Crippen LogP contribution in [0.25, 0.3) is 0 Å². The normalized spacial score (nSPS) is 33.6. The van der Waals surface area contributed by atoms with Crippen LogP contribution in [0.15, 0.2) is 12.2 Å². The lowest BCUT2D eigenvalue weighted by Gasteiger charge is -2.44. The summed E-state index contributed by atoms with van der Waals surface area (Å²) in [5, 5.41) is 18.8. The van der Waals surface area contributed by atoms with Gasteiger partial charge in [0.15, 0.2) is 0 Å². The third-order valence-electron chi connectivity index (χ3n) is 3.95. The number of carboxylic acid groups (broad SMARTS) is 2. The van der Waals surface area contributed by atoms with Gasteiger partial charge in [-0.15, -0.1) is 0 Å². The predicted octanol–water partition coefficient (Wildman–Crippen LogP) is 2.30. The van der Waals surface area contributed by atoms with E-state index < -0.39 is 22.8 Å². The van der Waals surface area contributed by atoms with Gasteiger partial charge in [-0.05, 0) is 25.7 Å². The maximum absolute atomic E-state index is 11.5. The van der Waals surface area contributed by atoms with Crippen LogP contribution in [-0.2, 0) is 9.59 Å². The molecule has 1 aliphatic rings. The summed E-state index contributed by atoms with van der Waals surface area (Å²) in [6.07, 6.45) is 5.04. The highest BCUT2D eigenvalue weighted by atomic mass is 16.4. The number of rotatable bonds is 4. The molecule has 4 nitrogen and oxygen atoms in total. The summed E-state index contributed by atoms with van der Waals surface area (Å²) < 4.78 is 0. The Bertz CT molecular complexity index is 334. The molecule has 2 N–H and O–H groups in total. The standard InChI is InChI=1S/C12H18O4/c1-3-11(9(13)14)7-5-6-8-12(11,4-2)10(15)16/h5,7H,3-4,6,8H2,1-2H3,(H,13,14)(H,15,16). The van der Waals surface area contributed by atoms with Crippen molar-refractivity contribution in [2.24, 2.45) is 10.8 Å². The minimum atomic E-state index is -1.26. The first kappa shape index (κ1) is 12.7. The Morgan fingerprint density at radius 3 is 2.12 bits per heavy atom. The quantitative estimate of drug-likeness (QED) is 0.721. The van der Waals surface area contributed by atoms with Gasteiger partial charge < -0.3 is 10.2 Å². The first-order chi connectivity index (χ1) is 7.47.